The molecule has 0 saturated carbocycles. The van der Waals surface area contributed by atoms with Crippen LogP contribution in [0, 0.1) is 0 Å². The van der Waals surface area contributed by atoms with Crippen molar-refractivity contribution in [3.63, 3.8) is 0 Å². The van der Waals surface area contributed by atoms with E-state index in [1.165, 1.54) is 5.56 Å². The van der Waals surface area contributed by atoms with Crippen LogP contribution in [0.25, 0.3) is 0 Å². The maximum absolute atomic E-state index is 6.36. The number of halogens is 2. The van der Waals surface area contributed by atoms with E-state index in [0.717, 1.165) is 40.4 Å². The predicted molar refractivity (Wildman–Crippen MR) is 95.1 cm³/mol. The summed E-state index contributed by atoms with van der Waals surface area (Å²) in [7, 11) is 2.08. The van der Waals surface area contributed by atoms with Crippen molar-refractivity contribution in [2.45, 2.75) is 20.0 Å². The molecule has 0 bridgehead atoms. The zero-order valence-electron chi connectivity index (χ0n) is 12.4. The smallest absolute Gasteiger partial charge is 0.0471 e. The van der Waals surface area contributed by atoms with Crippen LogP contribution in [0.5, 0.6) is 0 Å². The minimum Gasteiger partial charge on any atom is -0.370 e. The highest BCUT2D eigenvalue weighted by molar-refractivity contribution is 9.10. The third-order valence-corrected chi connectivity index (χ3v) is 4.26. The van der Waals surface area contributed by atoms with E-state index in [2.05, 4.69) is 76.5 Å². The topological polar surface area (TPSA) is 15.3 Å². The molecule has 0 radical (unpaired) electrons. The summed E-state index contributed by atoms with van der Waals surface area (Å²) in [4.78, 5) is 2.20. The lowest BCUT2D eigenvalue weighted by atomic mass is 10.1. The number of nitrogens with zero attached hydrogens (tertiary/aromatic N) is 1. The van der Waals surface area contributed by atoms with Crippen molar-refractivity contribution >= 4 is 33.2 Å². The van der Waals surface area contributed by atoms with Gasteiger partial charge in [-0.3, -0.25) is 0 Å². The summed E-state index contributed by atoms with van der Waals surface area (Å²) in [5, 5.41) is 4.11. The summed E-state index contributed by atoms with van der Waals surface area (Å²) in [6, 6.07) is 14.6. The highest BCUT2D eigenvalue weighted by Crippen LogP contribution is 2.24. The molecule has 0 aliphatic carbocycles. The van der Waals surface area contributed by atoms with Crippen molar-refractivity contribution in [3.05, 3.63) is 63.1 Å². The van der Waals surface area contributed by atoms with Crippen molar-refractivity contribution in [3.8, 4) is 0 Å². The molecule has 0 aromatic heterocycles. The van der Waals surface area contributed by atoms with Crippen molar-refractivity contribution in [2.75, 3.05) is 18.5 Å². The molecule has 0 saturated heterocycles. The van der Waals surface area contributed by atoms with Gasteiger partial charge in [0, 0.05) is 35.3 Å². The van der Waals surface area contributed by atoms with Crippen LogP contribution in [0.15, 0.2) is 46.9 Å². The number of hydrogen-bond acceptors (Lipinski definition) is 2. The summed E-state index contributed by atoms with van der Waals surface area (Å²) < 4.78 is 1.10. The Morgan fingerprint density at radius 3 is 2.48 bits per heavy atom. The Labute approximate surface area is 140 Å². The van der Waals surface area contributed by atoms with Crippen molar-refractivity contribution in [2.24, 2.45) is 0 Å². The Morgan fingerprint density at radius 2 is 1.86 bits per heavy atom. The average molecular weight is 368 g/mol. The van der Waals surface area contributed by atoms with Crippen molar-refractivity contribution in [1.82, 2.24) is 5.32 Å². The lowest BCUT2D eigenvalue weighted by molar-refractivity contribution is 0.727. The molecule has 2 rings (SSSR count). The molecule has 0 amide bonds. The van der Waals surface area contributed by atoms with Crippen LogP contribution in [-0.2, 0) is 13.1 Å². The van der Waals surface area contributed by atoms with Crippen LogP contribution in [0.1, 0.15) is 18.1 Å². The Balaban J connectivity index is 2.06. The Hall–Kier alpha value is -1.03. The van der Waals surface area contributed by atoms with Crippen LogP contribution in [-0.4, -0.2) is 13.6 Å². The van der Waals surface area contributed by atoms with Gasteiger partial charge in [0.05, 0.1) is 0 Å². The van der Waals surface area contributed by atoms with Gasteiger partial charge in [-0.1, -0.05) is 52.7 Å². The van der Waals surface area contributed by atoms with E-state index < -0.39 is 0 Å². The number of benzene rings is 2. The standard InChI is InChI=1S/C17H20BrClN2/c1-3-20-11-14-6-9-16(10-17(14)19)21(2)12-13-4-7-15(18)8-5-13/h4-10,20H,3,11-12H2,1-2H3. The fourth-order valence-electron chi connectivity index (χ4n) is 2.13. The van der Waals surface area contributed by atoms with Crippen molar-refractivity contribution < 1.29 is 0 Å². The SMILES string of the molecule is CCNCc1ccc(N(C)Cc2ccc(Br)cc2)cc1Cl. The minimum absolute atomic E-state index is 0.812. The van der Waals surface area contributed by atoms with Crippen LogP contribution in [0.4, 0.5) is 5.69 Å². The highest BCUT2D eigenvalue weighted by atomic mass is 79.9. The van der Waals surface area contributed by atoms with E-state index in [-0.39, 0.29) is 0 Å². The van der Waals surface area contributed by atoms with Gasteiger partial charge in [0.15, 0.2) is 0 Å². The molecule has 21 heavy (non-hydrogen) atoms. The van der Waals surface area contributed by atoms with Gasteiger partial charge in [0.25, 0.3) is 0 Å². The predicted octanol–water partition coefficient (Wildman–Crippen LogP) is 4.85. The molecule has 2 aromatic carbocycles. The normalized spacial score (nSPS) is 10.7. The molecule has 1 N–H and O–H groups in total. The number of hydrogen-bond donors (Lipinski definition) is 1. The molecule has 0 heterocycles. The number of anilines is 1. The Kier molecular flexibility index (Phi) is 6.09. The lowest BCUT2D eigenvalue weighted by Crippen LogP contribution is -2.17. The summed E-state index contributed by atoms with van der Waals surface area (Å²) in [6.45, 7) is 4.71. The van der Waals surface area contributed by atoms with E-state index in [1.54, 1.807) is 0 Å². The zero-order chi connectivity index (χ0) is 15.2. The summed E-state index contributed by atoms with van der Waals surface area (Å²) in [5.74, 6) is 0. The first-order valence-corrected chi connectivity index (χ1v) is 8.22. The van der Waals surface area contributed by atoms with Crippen LogP contribution in [0.2, 0.25) is 5.02 Å². The molecule has 112 valence electrons. The molecule has 0 aliphatic rings. The van der Waals surface area contributed by atoms with Gasteiger partial charge in [0.2, 0.25) is 0 Å². The largest absolute Gasteiger partial charge is 0.370 e. The van der Waals surface area contributed by atoms with E-state index in [0.29, 0.717) is 0 Å². The highest BCUT2D eigenvalue weighted by Gasteiger charge is 2.06. The quantitative estimate of drug-likeness (QED) is 0.785. The monoisotopic (exact) mass is 366 g/mol. The first-order valence-electron chi connectivity index (χ1n) is 7.05. The van der Waals surface area contributed by atoms with Gasteiger partial charge in [-0.25, -0.2) is 0 Å². The Bertz CT molecular complexity index is 584. The van der Waals surface area contributed by atoms with Gasteiger partial charge in [-0.05, 0) is 41.9 Å². The van der Waals surface area contributed by atoms with E-state index >= 15 is 0 Å². The second kappa shape index (κ2) is 7.83. The van der Waals surface area contributed by atoms with Gasteiger partial charge in [-0.2, -0.15) is 0 Å². The maximum Gasteiger partial charge on any atom is 0.0471 e. The van der Waals surface area contributed by atoms with Crippen LogP contribution in [0.3, 0.4) is 0 Å². The van der Waals surface area contributed by atoms with Gasteiger partial charge >= 0.3 is 0 Å². The molecule has 2 aromatic rings. The molecular formula is C17H20BrClN2. The summed E-state index contributed by atoms with van der Waals surface area (Å²) in [5.41, 5.74) is 3.54. The molecule has 0 unspecified atom stereocenters. The van der Waals surface area contributed by atoms with Crippen molar-refractivity contribution in [1.29, 1.82) is 0 Å². The maximum atomic E-state index is 6.36. The molecule has 0 atom stereocenters. The summed E-state index contributed by atoms with van der Waals surface area (Å²) >= 11 is 9.82. The van der Waals surface area contributed by atoms with Crippen LogP contribution < -0.4 is 10.2 Å². The molecule has 2 nitrogen and oxygen atoms in total. The number of rotatable bonds is 6. The average Bonchev–Trinajstić information content (AvgIpc) is 2.48. The van der Waals surface area contributed by atoms with E-state index in [4.69, 9.17) is 11.6 Å². The molecule has 0 aliphatic heterocycles. The molecular weight excluding hydrogens is 348 g/mol. The molecule has 0 fully saturated rings. The second-order valence-corrected chi connectivity index (χ2v) is 6.36. The lowest BCUT2D eigenvalue weighted by Gasteiger charge is -2.20. The van der Waals surface area contributed by atoms with Gasteiger partial charge in [0.1, 0.15) is 0 Å². The van der Waals surface area contributed by atoms with E-state index in [1.807, 2.05) is 6.07 Å². The minimum atomic E-state index is 0.812. The van der Waals surface area contributed by atoms with E-state index in [9.17, 15) is 0 Å². The third-order valence-electron chi connectivity index (χ3n) is 3.38. The fourth-order valence-corrected chi connectivity index (χ4v) is 2.64. The molecule has 0 spiro atoms. The van der Waals surface area contributed by atoms with Gasteiger partial charge < -0.3 is 10.2 Å². The van der Waals surface area contributed by atoms with Gasteiger partial charge in [-0.15, -0.1) is 0 Å². The van der Waals surface area contributed by atoms with Crippen LogP contribution >= 0.6 is 27.5 Å². The summed E-state index contributed by atoms with van der Waals surface area (Å²) in [6.07, 6.45) is 0. The fraction of sp³-hybridized carbons (Fsp3) is 0.294. The second-order valence-electron chi connectivity index (χ2n) is 5.04. The first-order chi connectivity index (χ1) is 10.1. The zero-order valence-corrected chi connectivity index (χ0v) is 14.7. The molecule has 4 heteroatoms. The Morgan fingerprint density at radius 1 is 1.14 bits per heavy atom. The third kappa shape index (κ3) is 4.73. The first kappa shape index (κ1) is 16.3. The number of nitrogens with one attached hydrogen (secondary N) is 1.